The minimum Gasteiger partial charge on any atom is -0.481 e. The average Bonchev–Trinajstić information content (AvgIpc) is 2.89. The number of carbonyl (C=O) groups is 2. The zero-order valence-corrected chi connectivity index (χ0v) is 10.5. The first-order valence-corrected chi connectivity index (χ1v) is 6.45. The van der Waals surface area contributed by atoms with Crippen molar-refractivity contribution in [1.82, 2.24) is 14.9 Å². The number of urea groups is 1. The van der Waals surface area contributed by atoms with Crippen molar-refractivity contribution < 1.29 is 14.7 Å². The summed E-state index contributed by atoms with van der Waals surface area (Å²) in [5, 5.41) is 18.4. The number of aromatic nitrogens is 2. The minimum atomic E-state index is -0.892. The summed E-state index contributed by atoms with van der Waals surface area (Å²) in [5.74, 6) is -0.892. The first kappa shape index (κ1) is 12.7. The summed E-state index contributed by atoms with van der Waals surface area (Å²) in [4.78, 5) is 22.7. The molecule has 1 aromatic rings. The van der Waals surface area contributed by atoms with E-state index < -0.39 is 17.5 Å². The van der Waals surface area contributed by atoms with E-state index in [0.717, 1.165) is 24.4 Å². The van der Waals surface area contributed by atoms with Gasteiger partial charge in [-0.2, -0.15) is 0 Å². The molecular weight excluding hydrogens is 256 g/mol. The van der Waals surface area contributed by atoms with Crippen LogP contribution in [0.3, 0.4) is 0 Å². The number of carboxylic acids is 1. The van der Waals surface area contributed by atoms with Gasteiger partial charge in [0, 0.05) is 11.5 Å². The van der Waals surface area contributed by atoms with Gasteiger partial charge in [0.1, 0.15) is 5.00 Å². The molecule has 1 heterocycles. The van der Waals surface area contributed by atoms with E-state index in [0.29, 0.717) is 17.8 Å². The highest BCUT2D eigenvalue weighted by molar-refractivity contribution is 7.10. The Hall–Kier alpha value is -1.70. The Morgan fingerprint density at radius 3 is 2.72 bits per heavy atom. The van der Waals surface area contributed by atoms with Crippen LogP contribution in [0.25, 0.3) is 0 Å². The number of anilines is 1. The number of carbonyl (C=O) groups excluding carboxylic acids is 1. The molecule has 0 radical (unpaired) electrons. The van der Waals surface area contributed by atoms with E-state index in [4.69, 9.17) is 5.11 Å². The fraction of sp³-hybridized carbons (Fsp3) is 0.600. The lowest BCUT2D eigenvalue weighted by molar-refractivity contribution is -0.138. The lowest BCUT2D eigenvalue weighted by atomic mass is 9.93. The van der Waals surface area contributed by atoms with Crippen molar-refractivity contribution in [3.05, 3.63) is 6.20 Å². The molecule has 1 aromatic heterocycles. The van der Waals surface area contributed by atoms with Gasteiger partial charge in [-0.3, -0.25) is 10.1 Å². The van der Waals surface area contributed by atoms with Gasteiger partial charge in [0.2, 0.25) is 0 Å². The van der Waals surface area contributed by atoms with Crippen LogP contribution in [-0.4, -0.2) is 32.2 Å². The van der Waals surface area contributed by atoms with Crippen LogP contribution in [0, 0.1) is 0 Å². The summed E-state index contributed by atoms with van der Waals surface area (Å²) in [6.45, 7) is 0. The van der Waals surface area contributed by atoms with Gasteiger partial charge in [-0.15, -0.1) is 5.10 Å². The molecule has 1 aliphatic rings. The normalized spacial score (nSPS) is 17.3. The second-order valence-corrected chi connectivity index (χ2v) is 5.20. The Morgan fingerprint density at radius 1 is 1.44 bits per heavy atom. The monoisotopic (exact) mass is 270 g/mol. The predicted molar refractivity (Wildman–Crippen MR) is 65.5 cm³/mol. The summed E-state index contributed by atoms with van der Waals surface area (Å²) >= 11 is 1.07. The van der Waals surface area contributed by atoms with Crippen LogP contribution in [0.1, 0.15) is 32.1 Å². The third-order valence-electron chi connectivity index (χ3n) is 3.03. The van der Waals surface area contributed by atoms with E-state index in [9.17, 15) is 9.59 Å². The maximum atomic E-state index is 11.8. The van der Waals surface area contributed by atoms with E-state index >= 15 is 0 Å². The highest BCUT2D eigenvalue weighted by Gasteiger charge is 2.37. The van der Waals surface area contributed by atoms with Crippen molar-refractivity contribution >= 4 is 28.5 Å². The molecule has 0 atom stereocenters. The number of nitrogens with zero attached hydrogens (tertiary/aromatic N) is 2. The SMILES string of the molecule is O=C(O)CC1(NC(=O)Nc2cnns2)CCCC1. The molecule has 0 aliphatic heterocycles. The van der Waals surface area contributed by atoms with Crippen LogP contribution >= 0.6 is 11.5 Å². The van der Waals surface area contributed by atoms with Gasteiger partial charge in [-0.1, -0.05) is 17.3 Å². The Bertz CT molecular complexity index is 428. The molecule has 18 heavy (non-hydrogen) atoms. The number of hydrogen-bond acceptors (Lipinski definition) is 5. The highest BCUT2D eigenvalue weighted by Crippen LogP contribution is 2.32. The smallest absolute Gasteiger partial charge is 0.320 e. The van der Waals surface area contributed by atoms with Crippen LogP contribution < -0.4 is 10.6 Å². The Labute approximate surface area is 108 Å². The zero-order valence-electron chi connectivity index (χ0n) is 9.68. The van der Waals surface area contributed by atoms with Crippen molar-refractivity contribution in [3.8, 4) is 0 Å². The van der Waals surface area contributed by atoms with Crippen LogP contribution in [-0.2, 0) is 4.79 Å². The average molecular weight is 270 g/mol. The molecule has 8 heteroatoms. The maximum Gasteiger partial charge on any atom is 0.320 e. The van der Waals surface area contributed by atoms with Gasteiger partial charge >= 0.3 is 12.0 Å². The summed E-state index contributed by atoms with van der Waals surface area (Å²) in [5.41, 5.74) is -0.617. The van der Waals surface area contributed by atoms with Crippen LogP contribution in [0.5, 0.6) is 0 Å². The Balaban J connectivity index is 1.96. The molecule has 7 nitrogen and oxygen atoms in total. The molecule has 2 amide bonds. The molecule has 0 unspecified atom stereocenters. The number of aliphatic carboxylic acids is 1. The summed E-state index contributed by atoms with van der Waals surface area (Å²) in [6, 6.07) is -0.399. The summed E-state index contributed by atoms with van der Waals surface area (Å²) in [6.07, 6.45) is 4.69. The van der Waals surface area contributed by atoms with Gasteiger partial charge in [-0.25, -0.2) is 4.79 Å². The van der Waals surface area contributed by atoms with Crippen molar-refractivity contribution in [2.45, 2.75) is 37.6 Å². The largest absolute Gasteiger partial charge is 0.481 e. The number of amides is 2. The van der Waals surface area contributed by atoms with E-state index in [1.807, 2.05) is 0 Å². The highest BCUT2D eigenvalue weighted by atomic mass is 32.1. The van der Waals surface area contributed by atoms with Gasteiger partial charge < -0.3 is 10.4 Å². The van der Waals surface area contributed by atoms with E-state index in [2.05, 4.69) is 20.2 Å². The summed E-state index contributed by atoms with van der Waals surface area (Å²) < 4.78 is 3.63. The standard InChI is InChI=1S/C10H14N4O3S/c15-8(16)5-10(3-1-2-4-10)13-9(17)12-7-6-11-14-18-7/h6H,1-5H2,(H,15,16)(H2,12,13,17). The van der Waals surface area contributed by atoms with Gasteiger partial charge in [-0.05, 0) is 12.8 Å². The maximum absolute atomic E-state index is 11.8. The van der Waals surface area contributed by atoms with Gasteiger partial charge in [0.15, 0.2) is 0 Å². The number of hydrogen-bond donors (Lipinski definition) is 3. The van der Waals surface area contributed by atoms with E-state index in [1.165, 1.54) is 6.20 Å². The number of nitrogens with one attached hydrogen (secondary N) is 2. The molecular formula is C10H14N4O3S. The van der Waals surface area contributed by atoms with Crippen molar-refractivity contribution in [2.75, 3.05) is 5.32 Å². The molecule has 0 aromatic carbocycles. The zero-order chi connectivity index (χ0) is 13.0. The predicted octanol–water partition coefficient (Wildman–Crippen LogP) is 1.45. The molecule has 98 valence electrons. The molecule has 2 rings (SSSR count). The van der Waals surface area contributed by atoms with Crippen molar-refractivity contribution in [3.63, 3.8) is 0 Å². The molecule has 0 bridgehead atoms. The minimum absolute atomic E-state index is 0.0403. The van der Waals surface area contributed by atoms with Crippen molar-refractivity contribution in [2.24, 2.45) is 0 Å². The fourth-order valence-corrected chi connectivity index (χ4v) is 2.71. The topological polar surface area (TPSA) is 104 Å². The Kier molecular flexibility index (Phi) is 3.75. The lowest BCUT2D eigenvalue weighted by Gasteiger charge is -2.28. The number of carboxylic acid groups (broad SMARTS) is 1. The fourth-order valence-electron chi connectivity index (χ4n) is 2.29. The van der Waals surface area contributed by atoms with E-state index in [-0.39, 0.29) is 6.42 Å². The first-order valence-electron chi connectivity index (χ1n) is 5.68. The number of rotatable bonds is 4. The lowest BCUT2D eigenvalue weighted by Crippen LogP contribution is -2.49. The molecule has 1 aliphatic carbocycles. The quantitative estimate of drug-likeness (QED) is 0.768. The van der Waals surface area contributed by atoms with Crippen LogP contribution in [0.2, 0.25) is 0 Å². The second kappa shape index (κ2) is 5.30. The second-order valence-electron chi connectivity index (χ2n) is 4.42. The molecule has 1 fully saturated rings. The third-order valence-corrected chi connectivity index (χ3v) is 3.61. The Morgan fingerprint density at radius 2 is 2.17 bits per heavy atom. The van der Waals surface area contributed by atoms with Crippen LogP contribution in [0.4, 0.5) is 9.80 Å². The molecule has 3 N–H and O–H groups in total. The molecule has 0 saturated heterocycles. The van der Waals surface area contributed by atoms with E-state index in [1.54, 1.807) is 0 Å². The van der Waals surface area contributed by atoms with Crippen LogP contribution in [0.15, 0.2) is 6.20 Å². The first-order chi connectivity index (χ1) is 8.60. The summed E-state index contributed by atoms with van der Waals surface area (Å²) in [7, 11) is 0. The molecule has 0 spiro atoms. The molecule has 1 saturated carbocycles. The van der Waals surface area contributed by atoms with Gasteiger partial charge in [0.25, 0.3) is 0 Å². The third kappa shape index (κ3) is 3.16. The van der Waals surface area contributed by atoms with Gasteiger partial charge in [0.05, 0.1) is 18.2 Å². The van der Waals surface area contributed by atoms with Crippen molar-refractivity contribution in [1.29, 1.82) is 0 Å².